The Morgan fingerprint density at radius 3 is 2.60 bits per heavy atom. The van der Waals surface area contributed by atoms with Gasteiger partial charge < -0.3 is 5.32 Å². The first-order valence-corrected chi connectivity index (χ1v) is 9.55. The summed E-state index contributed by atoms with van der Waals surface area (Å²) < 4.78 is 1.71. The molecule has 3 rings (SSSR count). The Balaban J connectivity index is 0.00000225. The molecule has 1 aromatic rings. The van der Waals surface area contributed by atoms with Crippen LogP contribution in [0.1, 0.15) is 70.0 Å². The van der Waals surface area contributed by atoms with Gasteiger partial charge in [-0.25, -0.2) is 4.68 Å². The Kier molecular flexibility index (Phi) is 7.69. The molecule has 1 aliphatic carbocycles. The minimum atomic E-state index is 0. The van der Waals surface area contributed by atoms with Gasteiger partial charge >= 0.3 is 0 Å². The molecule has 2 N–H and O–H groups in total. The molecule has 0 bridgehead atoms. The maximum absolute atomic E-state index is 12.4. The maximum atomic E-state index is 12.4. The predicted molar refractivity (Wildman–Crippen MR) is 102 cm³/mol. The van der Waals surface area contributed by atoms with Crippen molar-refractivity contribution in [2.24, 2.45) is 18.9 Å². The van der Waals surface area contributed by atoms with Crippen LogP contribution in [0.4, 0.5) is 5.95 Å². The van der Waals surface area contributed by atoms with E-state index in [0.29, 0.717) is 30.1 Å². The van der Waals surface area contributed by atoms with Gasteiger partial charge in [0.05, 0.1) is 0 Å². The first-order chi connectivity index (χ1) is 11.6. The Labute approximate surface area is 157 Å². The number of hydrogen-bond donors (Lipinski definition) is 2. The second kappa shape index (κ2) is 9.53. The lowest BCUT2D eigenvalue weighted by molar-refractivity contribution is -0.117. The van der Waals surface area contributed by atoms with E-state index in [1.54, 1.807) is 4.68 Å². The molecular formula is C18H32ClN5O. The van der Waals surface area contributed by atoms with Gasteiger partial charge in [0.1, 0.15) is 0 Å². The molecule has 1 aliphatic heterocycles. The summed E-state index contributed by atoms with van der Waals surface area (Å²) in [4.78, 5) is 17.0. The highest BCUT2D eigenvalue weighted by atomic mass is 35.5. The van der Waals surface area contributed by atoms with Crippen molar-refractivity contribution < 1.29 is 4.79 Å². The van der Waals surface area contributed by atoms with Gasteiger partial charge in [-0.2, -0.15) is 10.1 Å². The molecule has 7 heteroatoms. The van der Waals surface area contributed by atoms with Crippen molar-refractivity contribution in [1.29, 1.82) is 0 Å². The molecule has 1 atom stereocenters. The van der Waals surface area contributed by atoms with Crippen LogP contribution in [0.15, 0.2) is 0 Å². The molecular weight excluding hydrogens is 338 g/mol. The zero-order valence-electron chi connectivity index (χ0n) is 15.5. The zero-order valence-corrected chi connectivity index (χ0v) is 16.3. The van der Waals surface area contributed by atoms with Gasteiger partial charge in [-0.05, 0) is 37.8 Å². The Morgan fingerprint density at radius 2 is 1.92 bits per heavy atom. The van der Waals surface area contributed by atoms with Crippen LogP contribution in [0.5, 0.6) is 0 Å². The summed E-state index contributed by atoms with van der Waals surface area (Å²) in [6.45, 7) is 4.25. The lowest BCUT2D eigenvalue weighted by Gasteiger charge is -2.27. The minimum absolute atomic E-state index is 0. The Morgan fingerprint density at radius 1 is 1.24 bits per heavy atom. The van der Waals surface area contributed by atoms with Crippen LogP contribution in [0.2, 0.25) is 0 Å². The largest absolute Gasteiger partial charge is 0.317 e. The van der Waals surface area contributed by atoms with Crippen LogP contribution in [0, 0.1) is 11.8 Å². The predicted octanol–water partition coefficient (Wildman–Crippen LogP) is 3.25. The van der Waals surface area contributed by atoms with Crippen LogP contribution in [0.25, 0.3) is 0 Å². The van der Waals surface area contributed by atoms with Gasteiger partial charge in [0.2, 0.25) is 11.9 Å². The molecule has 6 nitrogen and oxygen atoms in total. The summed E-state index contributed by atoms with van der Waals surface area (Å²) in [7, 11) is 1.86. The number of rotatable bonds is 5. The van der Waals surface area contributed by atoms with Crippen molar-refractivity contribution in [3.8, 4) is 0 Å². The molecule has 1 saturated carbocycles. The Bertz CT molecular complexity index is 550. The number of nitrogens with zero attached hydrogens (tertiary/aromatic N) is 3. The van der Waals surface area contributed by atoms with Crippen LogP contribution in [0.3, 0.4) is 0 Å². The molecule has 0 radical (unpaired) electrons. The van der Waals surface area contributed by atoms with Crippen molar-refractivity contribution in [2.45, 2.75) is 64.2 Å². The molecule has 1 saturated heterocycles. The van der Waals surface area contributed by atoms with Crippen molar-refractivity contribution in [3.63, 3.8) is 0 Å². The SMILES string of the molecule is CC(CC(=O)Nc1nc(C2CCNCC2)nn1C)C1CCCCC1.Cl. The number of piperidine rings is 1. The average molecular weight is 370 g/mol. The van der Waals surface area contributed by atoms with E-state index in [2.05, 4.69) is 27.6 Å². The first kappa shape index (κ1) is 20.2. The summed E-state index contributed by atoms with van der Waals surface area (Å²) >= 11 is 0. The van der Waals surface area contributed by atoms with Crippen molar-refractivity contribution in [2.75, 3.05) is 18.4 Å². The second-order valence-electron chi connectivity index (χ2n) is 7.57. The van der Waals surface area contributed by atoms with E-state index in [4.69, 9.17) is 0 Å². The van der Waals surface area contributed by atoms with E-state index < -0.39 is 0 Å². The minimum Gasteiger partial charge on any atom is -0.317 e. The summed E-state index contributed by atoms with van der Waals surface area (Å²) in [6.07, 6.45) is 9.26. The lowest BCUT2D eigenvalue weighted by Crippen LogP contribution is -2.27. The number of aryl methyl sites for hydroxylation is 1. The summed E-state index contributed by atoms with van der Waals surface area (Å²) in [6, 6.07) is 0. The van der Waals surface area contributed by atoms with Crippen LogP contribution >= 0.6 is 12.4 Å². The molecule has 25 heavy (non-hydrogen) atoms. The third-order valence-corrected chi connectivity index (χ3v) is 5.70. The molecule has 1 unspecified atom stereocenters. The highest BCUT2D eigenvalue weighted by Crippen LogP contribution is 2.31. The number of amides is 1. The summed E-state index contributed by atoms with van der Waals surface area (Å²) in [5.41, 5.74) is 0. The highest BCUT2D eigenvalue weighted by Gasteiger charge is 2.24. The molecule has 2 heterocycles. The normalized spacial score (nSPS) is 20.7. The average Bonchev–Trinajstić information content (AvgIpc) is 2.97. The highest BCUT2D eigenvalue weighted by molar-refractivity contribution is 5.89. The molecule has 1 amide bonds. The molecule has 2 aliphatic rings. The van der Waals surface area contributed by atoms with Crippen LogP contribution in [-0.4, -0.2) is 33.8 Å². The fourth-order valence-corrected chi connectivity index (χ4v) is 4.10. The van der Waals surface area contributed by atoms with Gasteiger partial charge in [0.15, 0.2) is 5.82 Å². The standard InChI is InChI=1S/C18H31N5O.ClH/c1-13(14-6-4-3-5-7-14)12-16(24)20-18-21-17(22-23(18)2)15-8-10-19-11-9-15;/h13-15,19H,3-12H2,1-2H3,(H,20,21,22,24);1H. The van der Waals surface area contributed by atoms with Crippen molar-refractivity contribution >= 4 is 24.3 Å². The third-order valence-electron chi connectivity index (χ3n) is 5.70. The van der Waals surface area contributed by atoms with Gasteiger partial charge in [-0.1, -0.05) is 39.0 Å². The number of anilines is 1. The molecule has 0 aromatic carbocycles. The van der Waals surface area contributed by atoms with Gasteiger partial charge in [0.25, 0.3) is 0 Å². The number of carbonyl (C=O) groups excluding carboxylic acids is 1. The quantitative estimate of drug-likeness (QED) is 0.835. The van der Waals surface area contributed by atoms with Gasteiger partial charge in [0, 0.05) is 19.4 Å². The molecule has 0 spiro atoms. The zero-order chi connectivity index (χ0) is 16.9. The second-order valence-corrected chi connectivity index (χ2v) is 7.57. The van der Waals surface area contributed by atoms with E-state index in [0.717, 1.165) is 31.8 Å². The Hall–Kier alpha value is -1.14. The topological polar surface area (TPSA) is 71.8 Å². The third kappa shape index (κ3) is 5.42. The molecule has 1 aromatic heterocycles. The van der Waals surface area contributed by atoms with Crippen molar-refractivity contribution in [1.82, 2.24) is 20.1 Å². The van der Waals surface area contributed by atoms with E-state index in [9.17, 15) is 4.79 Å². The van der Waals surface area contributed by atoms with Gasteiger partial charge in [-0.3, -0.25) is 10.1 Å². The fraction of sp³-hybridized carbons (Fsp3) is 0.833. The smallest absolute Gasteiger partial charge is 0.227 e. The first-order valence-electron chi connectivity index (χ1n) is 9.55. The summed E-state index contributed by atoms with van der Waals surface area (Å²) in [5, 5.41) is 10.9. The van der Waals surface area contributed by atoms with Crippen molar-refractivity contribution in [3.05, 3.63) is 5.82 Å². The maximum Gasteiger partial charge on any atom is 0.227 e. The number of halogens is 1. The monoisotopic (exact) mass is 369 g/mol. The van der Waals surface area contributed by atoms with Gasteiger partial charge in [-0.15, -0.1) is 12.4 Å². The van der Waals surface area contributed by atoms with E-state index in [-0.39, 0.29) is 18.3 Å². The van der Waals surface area contributed by atoms with E-state index >= 15 is 0 Å². The number of aromatic nitrogens is 3. The number of carbonyl (C=O) groups is 1. The molecule has 142 valence electrons. The number of hydrogen-bond acceptors (Lipinski definition) is 4. The lowest BCUT2D eigenvalue weighted by atomic mass is 9.79. The van der Waals surface area contributed by atoms with E-state index in [1.165, 1.54) is 32.1 Å². The van der Waals surface area contributed by atoms with Crippen LogP contribution in [-0.2, 0) is 11.8 Å². The number of nitrogens with one attached hydrogen (secondary N) is 2. The fourth-order valence-electron chi connectivity index (χ4n) is 4.10. The van der Waals surface area contributed by atoms with Crippen LogP contribution < -0.4 is 10.6 Å². The summed E-state index contributed by atoms with van der Waals surface area (Å²) in [5.74, 6) is 3.08. The molecule has 2 fully saturated rings. The van der Waals surface area contributed by atoms with E-state index in [1.807, 2.05) is 7.05 Å².